The van der Waals surface area contributed by atoms with E-state index in [2.05, 4.69) is 16.0 Å². The molecule has 0 radical (unpaired) electrons. The van der Waals surface area contributed by atoms with Crippen LogP contribution in [0, 0.1) is 0 Å². The number of rotatable bonds is 3. The number of phenolic OH excluding ortho intramolecular Hbond substituents is 2. The highest BCUT2D eigenvalue weighted by atomic mass is 16.5. The molecule has 6 bridgehead atoms. The van der Waals surface area contributed by atoms with Crippen LogP contribution in [0.3, 0.4) is 0 Å². The van der Waals surface area contributed by atoms with Crippen LogP contribution in [0.4, 0.5) is 0 Å². The van der Waals surface area contributed by atoms with Crippen molar-refractivity contribution >= 4 is 35.4 Å². The Labute approximate surface area is 324 Å². The molecule has 16 nitrogen and oxygen atoms in total. The van der Waals surface area contributed by atoms with E-state index in [1.807, 2.05) is 0 Å². The maximum Gasteiger partial charge on any atom is 0.246 e. The summed E-state index contributed by atoms with van der Waals surface area (Å²) in [6.07, 6.45) is -0.200. The Balaban J connectivity index is 1.59. The topological polar surface area (TPSA) is 207 Å². The number of nitrogens with one attached hydrogen (secondary N) is 3. The molecule has 6 rings (SSSR count). The predicted octanol–water partition coefficient (Wildman–Crippen LogP) is 1.25. The number of nitrogens with zero attached hydrogens (tertiary/aromatic N) is 3. The van der Waals surface area contributed by atoms with Gasteiger partial charge in [0.2, 0.25) is 35.4 Å². The fourth-order valence-electron chi connectivity index (χ4n) is 6.75. The van der Waals surface area contributed by atoms with Crippen molar-refractivity contribution in [3.63, 3.8) is 0 Å². The van der Waals surface area contributed by atoms with Crippen LogP contribution >= 0.6 is 0 Å². The normalized spacial score (nSPS) is 24.4. The number of fused-ring (bicyclic) bond motifs is 2. The molecule has 1 fully saturated rings. The van der Waals surface area contributed by atoms with Gasteiger partial charge in [-0.05, 0) is 73.9 Å². The van der Waals surface area contributed by atoms with Gasteiger partial charge in [0.15, 0.2) is 23.0 Å². The molecule has 6 atom stereocenters. The lowest BCUT2D eigenvalue weighted by Gasteiger charge is -2.36. The summed E-state index contributed by atoms with van der Waals surface area (Å²) in [6.45, 7) is 4.34. The molecule has 56 heavy (non-hydrogen) atoms. The van der Waals surface area contributed by atoms with E-state index in [1.165, 1.54) is 94.1 Å². The van der Waals surface area contributed by atoms with Gasteiger partial charge in [-0.2, -0.15) is 0 Å². The third-order valence-corrected chi connectivity index (χ3v) is 10.3. The smallest absolute Gasteiger partial charge is 0.246 e. The zero-order valence-corrected chi connectivity index (χ0v) is 32.4. The first-order chi connectivity index (χ1) is 26.5. The second kappa shape index (κ2) is 17.0. The number of benzene rings is 3. The van der Waals surface area contributed by atoms with Crippen molar-refractivity contribution in [3.05, 3.63) is 77.4 Å². The van der Waals surface area contributed by atoms with Crippen LogP contribution in [-0.2, 0) is 48.0 Å². The van der Waals surface area contributed by atoms with Gasteiger partial charge < -0.3 is 50.3 Å². The molecular weight excluding hydrogens is 724 g/mol. The number of ether oxygens (including phenoxy) is 2. The fourth-order valence-corrected chi connectivity index (χ4v) is 6.75. The first-order valence-corrected chi connectivity index (χ1v) is 18.1. The minimum absolute atomic E-state index is 0.0106. The first-order valence-electron chi connectivity index (χ1n) is 18.1. The Morgan fingerprint density at radius 2 is 1.18 bits per heavy atom. The van der Waals surface area contributed by atoms with E-state index < -0.39 is 71.7 Å². The first kappa shape index (κ1) is 40.9. The summed E-state index contributed by atoms with van der Waals surface area (Å²) in [7, 11) is 5.74. The molecule has 3 heterocycles. The van der Waals surface area contributed by atoms with E-state index in [0.717, 1.165) is 0 Å². The number of methoxy groups -OCH3 is 1. The quantitative estimate of drug-likeness (QED) is 0.258. The van der Waals surface area contributed by atoms with Crippen LogP contribution in [0.1, 0.15) is 37.5 Å². The number of hydrogen-bond acceptors (Lipinski definition) is 10. The number of carbonyl (C=O) groups is 6. The molecule has 298 valence electrons. The Bertz CT molecular complexity index is 2010. The van der Waals surface area contributed by atoms with Crippen LogP contribution in [0.5, 0.6) is 28.7 Å². The average molecular weight is 773 g/mol. The zero-order valence-electron chi connectivity index (χ0n) is 32.4. The third kappa shape index (κ3) is 8.96. The summed E-state index contributed by atoms with van der Waals surface area (Å²) in [4.78, 5) is 87.7. The molecule has 0 saturated carbocycles. The number of amides is 6. The lowest BCUT2D eigenvalue weighted by Crippen LogP contribution is -2.61. The van der Waals surface area contributed by atoms with Gasteiger partial charge in [-0.15, -0.1) is 0 Å². The van der Waals surface area contributed by atoms with Crippen molar-refractivity contribution in [1.82, 2.24) is 30.7 Å². The monoisotopic (exact) mass is 772 g/mol. The van der Waals surface area contributed by atoms with Crippen LogP contribution in [0.15, 0.2) is 60.7 Å². The largest absolute Gasteiger partial charge is 0.504 e. The van der Waals surface area contributed by atoms with Crippen molar-refractivity contribution in [3.8, 4) is 28.7 Å². The highest BCUT2D eigenvalue weighted by Gasteiger charge is 2.39. The van der Waals surface area contributed by atoms with Gasteiger partial charge in [0.1, 0.15) is 42.0 Å². The van der Waals surface area contributed by atoms with Gasteiger partial charge in [-0.3, -0.25) is 28.8 Å². The Morgan fingerprint density at radius 3 is 1.82 bits per heavy atom. The van der Waals surface area contributed by atoms with E-state index in [4.69, 9.17) is 9.47 Å². The maximum atomic E-state index is 14.6. The minimum Gasteiger partial charge on any atom is -0.504 e. The second-order valence-corrected chi connectivity index (χ2v) is 14.3. The molecule has 0 aromatic heterocycles. The average Bonchev–Trinajstić information content (AvgIpc) is 3.17. The van der Waals surface area contributed by atoms with Crippen LogP contribution in [0.2, 0.25) is 0 Å². The Morgan fingerprint density at radius 1 is 0.625 bits per heavy atom. The Kier molecular flexibility index (Phi) is 12.4. The molecule has 3 aromatic carbocycles. The maximum absolute atomic E-state index is 14.6. The number of likely N-dealkylation sites (N-methyl/N-ethyl adjacent to an activating group) is 3. The highest BCUT2D eigenvalue weighted by Crippen LogP contribution is 2.37. The SMILES string of the molecule is COc1ccc(C[C@H]2C(=O)N[C@@H](C)C(=O)N(C)[C@H]3Cc4ccc(c(O)c4)Oc4cc(ccc4O)C[C@@H](C(=O)N[C@H](C)C(=O)N[C@@H](C)C(=O)N2C)N(C)C3=O)cc1. The highest BCUT2D eigenvalue weighted by molar-refractivity contribution is 5.98. The molecule has 0 spiro atoms. The van der Waals surface area contributed by atoms with Crippen molar-refractivity contribution in [2.45, 2.75) is 76.3 Å². The number of phenols is 2. The van der Waals surface area contributed by atoms with Crippen molar-refractivity contribution in [2.24, 2.45) is 0 Å². The molecule has 0 aliphatic carbocycles. The van der Waals surface area contributed by atoms with Gasteiger partial charge in [-0.1, -0.05) is 24.3 Å². The van der Waals surface area contributed by atoms with E-state index in [0.29, 0.717) is 22.4 Å². The summed E-state index contributed by atoms with van der Waals surface area (Å²) in [5.74, 6) is -3.91. The summed E-state index contributed by atoms with van der Waals surface area (Å²) >= 11 is 0. The number of carbonyl (C=O) groups excluding carboxylic acids is 6. The fraction of sp³-hybridized carbons (Fsp3) is 0.400. The third-order valence-electron chi connectivity index (χ3n) is 10.3. The molecule has 16 heteroatoms. The van der Waals surface area contributed by atoms with Gasteiger partial charge in [0.25, 0.3) is 0 Å². The molecule has 3 aliphatic heterocycles. The Hall–Kier alpha value is -6.32. The van der Waals surface area contributed by atoms with Crippen LogP contribution in [-0.4, -0.2) is 125 Å². The molecule has 3 aromatic rings. The van der Waals surface area contributed by atoms with E-state index in [9.17, 15) is 39.0 Å². The van der Waals surface area contributed by atoms with Gasteiger partial charge in [-0.25, -0.2) is 0 Å². The van der Waals surface area contributed by atoms with E-state index >= 15 is 0 Å². The molecule has 3 aliphatic rings. The molecule has 1 saturated heterocycles. The summed E-state index contributed by atoms with van der Waals surface area (Å²) in [5.41, 5.74) is 1.56. The standard InChI is InChI=1S/C40H48N6O10/c1-21-35(49)42-22(2)38(52)44(4)28(16-24-8-12-27(55-7)13-9-24)37(51)43-23(3)39(53)46(6)30-18-25-11-15-33(32(48)19-25)56-34-20-26(10-14-31(34)47)17-29(36(50)41-21)45(5)40(30)54/h8-15,19-23,28-30,47-48H,16-18H2,1-7H3,(H,41,50)(H,42,49)(H,43,51)/t21-,22+,23+,28+,29+,30+/m1/s1. The minimum atomic E-state index is -1.26. The summed E-state index contributed by atoms with van der Waals surface area (Å²) in [5, 5.41) is 29.5. The van der Waals surface area contributed by atoms with Crippen LogP contribution < -0.4 is 25.4 Å². The van der Waals surface area contributed by atoms with Crippen molar-refractivity contribution in [2.75, 3.05) is 28.3 Å². The molecular formula is C40H48N6O10. The zero-order chi connectivity index (χ0) is 41.0. The molecule has 0 unspecified atom stereocenters. The van der Waals surface area contributed by atoms with Gasteiger partial charge in [0.05, 0.1) is 7.11 Å². The van der Waals surface area contributed by atoms with E-state index in [1.54, 1.807) is 30.3 Å². The van der Waals surface area contributed by atoms with Crippen molar-refractivity contribution < 1.29 is 48.5 Å². The lowest BCUT2D eigenvalue weighted by molar-refractivity contribution is -0.149. The van der Waals surface area contributed by atoms with Gasteiger partial charge in [0, 0.05) is 40.4 Å². The lowest BCUT2D eigenvalue weighted by atomic mass is 9.98. The summed E-state index contributed by atoms with van der Waals surface area (Å²) < 4.78 is 11.1. The summed E-state index contributed by atoms with van der Waals surface area (Å²) in [6, 6.07) is 8.51. The number of hydrogen-bond donors (Lipinski definition) is 5. The molecule has 5 N–H and O–H groups in total. The second-order valence-electron chi connectivity index (χ2n) is 14.3. The van der Waals surface area contributed by atoms with E-state index in [-0.39, 0.29) is 42.3 Å². The predicted molar refractivity (Wildman–Crippen MR) is 203 cm³/mol. The van der Waals surface area contributed by atoms with Gasteiger partial charge >= 0.3 is 0 Å². The van der Waals surface area contributed by atoms with Crippen molar-refractivity contribution in [1.29, 1.82) is 0 Å². The van der Waals surface area contributed by atoms with Crippen LogP contribution in [0.25, 0.3) is 0 Å². The molecule has 6 amide bonds. The number of aromatic hydroxyl groups is 2.